The van der Waals surface area contributed by atoms with Crippen molar-refractivity contribution in [3.05, 3.63) is 47.8 Å². The monoisotopic (exact) mass is 556 g/mol. The zero-order valence-corrected chi connectivity index (χ0v) is 21.3. The number of likely N-dealkylation sites (N-methyl/N-ethyl adjacent to an activating group) is 1. The van der Waals surface area contributed by atoms with Crippen LogP contribution in [0.3, 0.4) is 0 Å². The second kappa shape index (κ2) is 11.0. The van der Waals surface area contributed by atoms with Crippen LogP contribution in [0.1, 0.15) is 16.1 Å². The van der Waals surface area contributed by atoms with Crippen molar-refractivity contribution in [1.29, 1.82) is 5.26 Å². The van der Waals surface area contributed by atoms with E-state index in [2.05, 4.69) is 38.0 Å². The number of halogens is 3. The van der Waals surface area contributed by atoms with Crippen molar-refractivity contribution in [1.82, 2.24) is 24.6 Å². The Hall–Kier alpha value is -4.97. The molecule has 3 N–H and O–H groups in total. The van der Waals surface area contributed by atoms with Gasteiger partial charge in [0.1, 0.15) is 17.3 Å². The van der Waals surface area contributed by atoms with E-state index in [1.807, 2.05) is 12.1 Å². The molecule has 15 heteroatoms. The smallest absolute Gasteiger partial charge is 0.475 e. The first-order chi connectivity index (χ1) is 18.9. The van der Waals surface area contributed by atoms with E-state index in [9.17, 15) is 23.2 Å². The predicted molar refractivity (Wildman–Crippen MR) is 137 cm³/mol. The van der Waals surface area contributed by atoms with Crippen LogP contribution in [0.25, 0.3) is 21.8 Å². The van der Waals surface area contributed by atoms with E-state index in [1.165, 1.54) is 0 Å². The summed E-state index contributed by atoms with van der Waals surface area (Å²) in [5.74, 6) is -2.98. The van der Waals surface area contributed by atoms with Gasteiger partial charge in [0.25, 0.3) is 5.91 Å². The number of hydrogen-bond donors (Lipinski definition) is 2. The lowest BCUT2D eigenvalue weighted by atomic mass is 10.1. The fourth-order valence-corrected chi connectivity index (χ4v) is 4.12. The van der Waals surface area contributed by atoms with Crippen LogP contribution in [0.4, 0.5) is 18.9 Å². The van der Waals surface area contributed by atoms with Crippen molar-refractivity contribution in [2.75, 3.05) is 38.1 Å². The molecule has 0 spiro atoms. The maximum atomic E-state index is 11.8. The molecule has 4 aromatic rings. The molecule has 1 saturated heterocycles. The second-order valence-electron chi connectivity index (χ2n) is 8.88. The number of aliphatic carboxylic acids is 1. The molecule has 1 amide bonds. The van der Waals surface area contributed by atoms with Crippen LogP contribution in [0.5, 0.6) is 11.8 Å². The van der Waals surface area contributed by atoms with Crippen LogP contribution >= 0.6 is 0 Å². The number of carbonyl (C=O) groups is 2. The Morgan fingerprint density at radius 3 is 2.40 bits per heavy atom. The Morgan fingerprint density at radius 1 is 1.12 bits per heavy atom. The molecule has 1 aliphatic heterocycles. The number of primary amides is 1. The maximum absolute atomic E-state index is 11.8. The molecule has 0 saturated carbocycles. The lowest BCUT2D eigenvalue weighted by Gasteiger charge is -2.34. The number of carbonyl (C=O) groups excluding carboxylic acids is 1. The minimum atomic E-state index is -5.08. The summed E-state index contributed by atoms with van der Waals surface area (Å²) in [4.78, 5) is 34.0. The van der Waals surface area contributed by atoms with Gasteiger partial charge in [-0.2, -0.15) is 28.5 Å². The van der Waals surface area contributed by atoms with Gasteiger partial charge in [0.05, 0.1) is 11.1 Å². The number of carboxylic acid groups (broad SMARTS) is 1. The number of nitriles is 1. The molecule has 0 atom stereocenters. The zero-order valence-electron chi connectivity index (χ0n) is 21.3. The van der Waals surface area contributed by atoms with Crippen molar-refractivity contribution in [2.24, 2.45) is 12.8 Å². The van der Waals surface area contributed by atoms with Crippen LogP contribution in [-0.4, -0.2) is 81.0 Å². The summed E-state index contributed by atoms with van der Waals surface area (Å²) in [6.07, 6.45) is -3.45. The Balaban J connectivity index is 0.000000470. The van der Waals surface area contributed by atoms with Gasteiger partial charge in [-0.1, -0.05) is 6.07 Å². The average molecular weight is 557 g/mol. The number of hydrogen-bond acceptors (Lipinski definition) is 9. The number of amides is 1. The third-order valence-electron chi connectivity index (χ3n) is 6.16. The molecule has 0 radical (unpaired) electrons. The topological polar surface area (TPSA) is 163 Å². The quantitative estimate of drug-likeness (QED) is 0.382. The number of anilines is 1. The number of fused-ring (bicyclic) bond motifs is 3. The van der Waals surface area contributed by atoms with Crippen molar-refractivity contribution in [3.8, 4) is 17.8 Å². The number of nitrogens with two attached hydrogens (primary N) is 1. The number of nitrogens with zero attached hydrogens (tertiary/aromatic N) is 7. The van der Waals surface area contributed by atoms with E-state index in [1.54, 1.807) is 36.1 Å². The normalized spacial score (nSPS) is 13.9. The molecule has 2 aromatic carbocycles. The summed E-state index contributed by atoms with van der Waals surface area (Å²) >= 11 is 0. The number of alkyl halides is 3. The molecule has 3 heterocycles. The first-order valence-electron chi connectivity index (χ1n) is 11.8. The molecule has 0 aliphatic carbocycles. The van der Waals surface area contributed by atoms with Gasteiger partial charge >= 0.3 is 18.2 Å². The molecule has 0 unspecified atom stereocenters. The SMILES string of the molecule is CN1CCN(c2ccc(Oc3ncc4ccc5c(C(N)=O)nn(C)c5c4n3)c(C#N)c2)CC1.O=C(O)C(F)(F)F. The van der Waals surface area contributed by atoms with Crippen molar-refractivity contribution in [2.45, 2.75) is 6.18 Å². The number of aryl methyl sites for hydroxylation is 1. The highest BCUT2D eigenvalue weighted by Crippen LogP contribution is 2.31. The van der Waals surface area contributed by atoms with Crippen molar-refractivity contribution < 1.29 is 32.6 Å². The summed E-state index contributed by atoms with van der Waals surface area (Å²) in [5, 5.41) is 22.4. The standard InChI is InChI=1S/C23H22N8O2.C2HF3O2/c1-29-7-9-31(10-8-29)16-4-6-18(15(11-16)12-24)33-23-26-13-14-3-5-17-20(22(25)32)28-30(2)21(17)19(14)27-23;3-2(4,5)1(6)7/h3-6,11,13H,7-10H2,1-2H3,(H2,25,32);(H,6,7). The maximum Gasteiger partial charge on any atom is 0.490 e. The molecule has 5 rings (SSSR count). The number of benzene rings is 2. The van der Waals surface area contributed by atoms with Gasteiger partial charge < -0.3 is 25.4 Å². The first kappa shape index (κ1) is 28.0. The molecular formula is C25H23F3N8O4. The highest BCUT2D eigenvalue weighted by Gasteiger charge is 2.38. The molecule has 12 nitrogen and oxygen atoms in total. The van der Waals surface area contributed by atoms with Crippen molar-refractivity contribution >= 4 is 39.4 Å². The molecule has 2 aromatic heterocycles. The summed E-state index contributed by atoms with van der Waals surface area (Å²) in [5.41, 5.74) is 8.27. The minimum absolute atomic E-state index is 0.0978. The number of piperazine rings is 1. The minimum Gasteiger partial charge on any atom is -0.475 e. The van der Waals surface area contributed by atoms with Crippen LogP contribution in [0.2, 0.25) is 0 Å². The van der Waals surface area contributed by atoms with E-state index < -0.39 is 18.1 Å². The van der Waals surface area contributed by atoms with Gasteiger partial charge in [-0.3, -0.25) is 9.48 Å². The lowest BCUT2D eigenvalue weighted by molar-refractivity contribution is -0.192. The number of carboxylic acids is 1. The van der Waals surface area contributed by atoms with Gasteiger partial charge in [0.2, 0.25) is 0 Å². The van der Waals surface area contributed by atoms with Crippen LogP contribution in [-0.2, 0) is 11.8 Å². The highest BCUT2D eigenvalue weighted by molar-refractivity contribution is 6.11. The molecule has 208 valence electrons. The van der Waals surface area contributed by atoms with E-state index in [0.29, 0.717) is 27.7 Å². The summed E-state index contributed by atoms with van der Waals surface area (Å²) in [6, 6.07) is 11.4. The molecular weight excluding hydrogens is 533 g/mol. The van der Waals surface area contributed by atoms with Gasteiger partial charge in [0.15, 0.2) is 5.69 Å². The molecule has 1 aliphatic rings. The van der Waals surface area contributed by atoms with Crippen LogP contribution in [0, 0.1) is 11.3 Å². The van der Waals surface area contributed by atoms with Crippen molar-refractivity contribution in [3.63, 3.8) is 0 Å². The van der Waals surface area contributed by atoms with Gasteiger partial charge in [-0.15, -0.1) is 0 Å². The number of ether oxygens (including phenoxy) is 1. The fraction of sp³-hybridized carbons (Fsp3) is 0.280. The Bertz CT molecular complexity index is 1640. The van der Waals surface area contributed by atoms with E-state index in [-0.39, 0.29) is 11.7 Å². The Kier molecular flexibility index (Phi) is 7.73. The van der Waals surface area contributed by atoms with E-state index in [0.717, 1.165) is 37.3 Å². The molecule has 40 heavy (non-hydrogen) atoms. The zero-order chi connectivity index (χ0) is 29.2. The van der Waals surface area contributed by atoms with Gasteiger partial charge in [-0.25, -0.2) is 9.78 Å². The molecule has 0 bridgehead atoms. The Labute approximate surface area is 225 Å². The largest absolute Gasteiger partial charge is 0.490 e. The lowest BCUT2D eigenvalue weighted by Crippen LogP contribution is -2.44. The third kappa shape index (κ3) is 5.86. The number of rotatable bonds is 4. The van der Waals surface area contributed by atoms with Crippen LogP contribution < -0.4 is 15.4 Å². The number of aromatic nitrogens is 4. The van der Waals surface area contributed by atoms with Gasteiger partial charge in [0, 0.05) is 55.9 Å². The highest BCUT2D eigenvalue weighted by atomic mass is 19.4. The van der Waals surface area contributed by atoms with Gasteiger partial charge in [-0.05, 0) is 31.3 Å². The second-order valence-corrected chi connectivity index (χ2v) is 8.88. The van der Waals surface area contributed by atoms with E-state index in [4.69, 9.17) is 20.4 Å². The summed E-state index contributed by atoms with van der Waals surface area (Å²) < 4.78 is 39.2. The third-order valence-corrected chi connectivity index (χ3v) is 6.16. The summed E-state index contributed by atoms with van der Waals surface area (Å²) in [7, 11) is 3.83. The Morgan fingerprint density at radius 2 is 1.80 bits per heavy atom. The average Bonchev–Trinajstić information content (AvgIpc) is 3.26. The fourth-order valence-electron chi connectivity index (χ4n) is 4.12. The predicted octanol–water partition coefficient (Wildman–Crippen LogP) is 2.66. The van der Waals surface area contributed by atoms with Crippen LogP contribution in [0.15, 0.2) is 36.5 Å². The molecule has 1 fully saturated rings. The van der Waals surface area contributed by atoms with E-state index >= 15 is 0 Å². The summed E-state index contributed by atoms with van der Waals surface area (Å²) in [6.45, 7) is 3.77. The first-order valence-corrected chi connectivity index (χ1v) is 11.8.